The summed E-state index contributed by atoms with van der Waals surface area (Å²) < 4.78 is 5.52. The number of aryl methyl sites for hydroxylation is 1. The molecule has 40 heavy (non-hydrogen) atoms. The Morgan fingerprint density at radius 2 is 1.93 bits per heavy atom. The average Bonchev–Trinajstić information content (AvgIpc) is 3.17. The summed E-state index contributed by atoms with van der Waals surface area (Å²) in [5, 5.41) is 3.54. The Morgan fingerprint density at radius 1 is 1.18 bits per heavy atom. The Kier molecular flexibility index (Phi) is 8.15. The van der Waals surface area contributed by atoms with E-state index in [-0.39, 0.29) is 35.5 Å². The number of rotatable bonds is 7. The number of nitrogens with one attached hydrogen (secondary N) is 2. The number of aromatic nitrogens is 1. The van der Waals surface area contributed by atoms with Crippen LogP contribution in [-0.2, 0) is 26.2 Å². The van der Waals surface area contributed by atoms with Crippen molar-refractivity contribution < 1.29 is 14.3 Å². The lowest BCUT2D eigenvalue weighted by molar-refractivity contribution is -0.135. The van der Waals surface area contributed by atoms with Gasteiger partial charge >= 0.3 is 0 Å². The molecule has 4 N–H and O–H groups in total. The van der Waals surface area contributed by atoms with Gasteiger partial charge in [0.05, 0.1) is 18.8 Å². The van der Waals surface area contributed by atoms with E-state index in [0.29, 0.717) is 31.7 Å². The number of piperazine rings is 1. The lowest BCUT2D eigenvalue weighted by Gasteiger charge is -2.43. The van der Waals surface area contributed by atoms with Gasteiger partial charge < -0.3 is 25.7 Å². The second-order valence-corrected chi connectivity index (χ2v) is 12.3. The molecular formula is C30H42N6O4. The summed E-state index contributed by atoms with van der Waals surface area (Å²) in [6.45, 7) is 13.0. The predicted molar refractivity (Wildman–Crippen MR) is 155 cm³/mol. The lowest BCUT2D eigenvalue weighted by atomic mass is 9.91. The van der Waals surface area contributed by atoms with E-state index >= 15 is 0 Å². The molecule has 0 saturated carbocycles. The van der Waals surface area contributed by atoms with Crippen molar-refractivity contribution in [2.24, 2.45) is 5.73 Å². The van der Waals surface area contributed by atoms with Gasteiger partial charge in [0.1, 0.15) is 6.10 Å². The Bertz CT molecular complexity index is 1310. The van der Waals surface area contributed by atoms with Gasteiger partial charge in [-0.05, 0) is 25.5 Å². The van der Waals surface area contributed by atoms with Gasteiger partial charge in [-0.2, -0.15) is 0 Å². The van der Waals surface area contributed by atoms with Gasteiger partial charge in [-0.15, -0.1) is 0 Å². The van der Waals surface area contributed by atoms with Crippen LogP contribution in [0.4, 0.5) is 5.69 Å². The quantitative estimate of drug-likeness (QED) is 0.465. The van der Waals surface area contributed by atoms with Crippen LogP contribution in [0.2, 0.25) is 0 Å². The smallest absolute Gasteiger partial charge is 0.251 e. The van der Waals surface area contributed by atoms with Crippen LogP contribution in [-0.4, -0.2) is 97.2 Å². The zero-order valence-electron chi connectivity index (χ0n) is 24.0. The van der Waals surface area contributed by atoms with E-state index in [0.717, 1.165) is 43.1 Å². The third-order valence-electron chi connectivity index (χ3n) is 8.44. The first kappa shape index (κ1) is 28.5. The number of anilines is 1. The maximum absolute atomic E-state index is 13.9. The van der Waals surface area contributed by atoms with E-state index in [1.165, 1.54) is 5.56 Å². The van der Waals surface area contributed by atoms with Crippen LogP contribution in [0.3, 0.4) is 0 Å². The fourth-order valence-corrected chi connectivity index (χ4v) is 6.13. The first-order valence-electron chi connectivity index (χ1n) is 14.2. The normalized spacial score (nSPS) is 25.1. The number of ether oxygens (including phenoxy) is 1. The molecule has 1 aromatic carbocycles. The van der Waals surface area contributed by atoms with E-state index in [1.807, 2.05) is 42.2 Å². The van der Waals surface area contributed by atoms with Gasteiger partial charge in [-0.3, -0.25) is 24.2 Å². The van der Waals surface area contributed by atoms with Crippen LogP contribution in [0, 0.1) is 6.92 Å². The van der Waals surface area contributed by atoms with E-state index in [1.54, 1.807) is 0 Å². The summed E-state index contributed by atoms with van der Waals surface area (Å²) in [6, 6.07) is 10.5. The van der Waals surface area contributed by atoms with Crippen LogP contribution in [0.5, 0.6) is 0 Å². The van der Waals surface area contributed by atoms with Crippen molar-refractivity contribution in [1.29, 1.82) is 0 Å². The van der Waals surface area contributed by atoms with Crippen molar-refractivity contribution in [2.75, 3.05) is 57.3 Å². The van der Waals surface area contributed by atoms with Gasteiger partial charge in [0.25, 0.3) is 5.56 Å². The molecule has 5 rings (SSSR count). The van der Waals surface area contributed by atoms with Crippen molar-refractivity contribution in [1.82, 2.24) is 20.1 Å². The number of aromatic amines is 1. The molecule has 0 aliphatic carbocycles. The number of nitrogens with zero attached hydrogens (tertiary/aromatic N) is 3. The number of hydrogen-bond donors (Lipinski definition) is 3. The average molecular weight is 551 g/mol. The first-order valence-corrected chi connectivity index (χ1v) is 14.2. The number of fused-ring (bicyclic) bond motifs is 1. The molecule has 0 radical (unpaired) electrons. The lowest BCUT2D eigenvalue weighted by Crippen LogP contribution is -2.62. The van der Waals surface area contributed by atoms with Gasteiger partial charge in [-0.1, -0.05) is 43.7 Å². The highest BCUT2D eigenvalue weighted by atomic mass is 16.5. The van der Waals surface area contributed by atoms with Gasteiger partial charge in [0.15, 0.2) is 0 Å². The Balaban J connectivity index is 1.34. The van der Waals surface area contributed by atoms with Crippen LogP contribution >= 0.6 is 0 Å². The number of H-pyrrole nitrogens is 1. The zero-order chi connectivity index (χ0) is 28.6. The van der Waals surface area contributed by atoms with E-state index in [9.17, 15) is 14.4 Å². The minimum atomic E-state index is -0.598. The molecule has 0 bridgehead atoms. The maximum Gasteiger partial charge on any atom is 0.251 e. The molecule has 10 heteroatoms. The molecule has 10 nitrogen and oxygen atoms in total. The molecular weight excluding hydrogens is 508 g/mol. The van der Waals surface area contributed by atoms with Gasteiger partial charge in [0, 0.05) is 74.4 Å². The van der Waals surface area contributed by atoms with E-state index < -0.39 is 12.0 Å². The Labute approximate surface area is 235 Å². The van der Waals surface area contributed by atoms with E-state index in [4.69, 9.17) is 10.5 Å². The van der Waals surface area contributed by atoms with Crippen LogP contribution < -0.4 is 21.5 Å². The molecule has 4 heterocycles. The second kappa shape index (κ2) is 11.4. The van der Waals surface area contributed by atoms with Gasteiger partial charge in [0.2, 0.25) is 11.8 Å². The molecule has 2 aromatic rings. The fourth-order valence-electron chi connectivity index (χ4n) is 6.13. The summed E-state index contributed by atoms with van der Waals surface area (Å²) in [4.78, 5) is 48.1. The van der Waals surface area contributed by atoms with E-state index in [2.05, 4.69) is 40.9 Å². The highest BCUT2D eigenvalue weighted by Crippen LogP contribution is 2.39. The molecule has 2 amide bonds. The summed E-state index contributed by atoms with van der Waals surface area (Å²) in [6.07, 6.45) is -0.0897. The third kappa shape index (κ3) is 6.15. The second-order valence-electron chi connectivity index (χ2n) is 12.3. The highest BCUT2D eigenvalue weighted by Gasteiger charge is 2.41. The number of carbonyl (C=O) groups excluding carboxylic acids is 2. The molecule has 1 unspecified atom stereocenters. The number of amides is 2. The SMILES string of the molecule is Cc1ccc(Cc2cc3c([nH]c2=O)C(C)(C)CN3C(=O)CN2C[C@@H](C)NC[C@@H]2CN2CCOC(C(N)=O)C2)cc1. The molecule has 3 atom stereocenters. The number of nitrogens with two attached hydrogens (primary N) is 1. The minimum absolute atomic E-state index is 0.0243. The predicted octanol–water partition coefficient (Wildman–Crippen LogP) is 0.747. The molecule has 0 spiro atoms. The zero-order valence-corrected chi connectivity index (χ0v) is 24.0. The monoisotopic (exact) mass is 550 g/mol. The largest absolute Gasteiger partial charge is 0.367 e. The molecule has 1 aromatic heterocycles. The summed E-state index contributed by atoms with van der Waals surface area (Å²) in [5.41, 5.74) is 9.53. The molecule has 3 aliphatic rings. The fraction of sp³-hybridized carbons (Fsp3) is 0.567. The van der Waals surface area contributed by atoms with Crippen LogP contribution in [0.15, 0.2) is 35.1 Å². The molecule has 2 saturated heterocycles. The maximum atomic E-state index is 13.9. The number of morpholine rings is 1. The topological polar surface area (TPSA) is 124 Å². The number of primary amides is 1. The van der Waals surface area contributed by atoms with Crippen molar-refractivity contribution in [2.45, 2.75) is 57.7 Å². The number of carbonyl (C=O) groups is 2. The highest BCUT2D eigenvalue weighted by molar-refractivity contribution is 5.97. The number of pyridine rings is 1. The minimum Gasteiger partial charge on any atom is -0.367 e. The standard InChI is InChI=1S/C30H42N6O4/c1-19-5-7-21(8-6-19)11-22-12-24-27(33-29(22)39)30(3,4)18-36(24)26(37)17-35-14-20(2)32-13-23(35)15-34-9-10-40-25(16-34)28(31)38/h5-8,12,20,23,25,32H,9-11,13-18H2,1-4H3,(H2,31,38)(H,33,39)/t20-,23-,25?/m1/s1. The van der Waals surface area contributed by atoms with Crippen molar-refractivity contribution in [3.63, 3.8) is 0 Å². The van der Waals surface area contributed by atoms with Gasteiger partial charge in [-0.25, -0.2) is 0 Å². The summed E-state index contributed by atoms with van der Waals surface area (Å²) >= 11 is 0. The first-order chi connectivity index (χ1) is 19.0. The summed E-state index contributed by atoms with van der Waals surface area (Å²) in [7, 11) is 0. The van der Waals surface area contributed by atoms with Crippen molar-refractivity contribution in [3.8, 4) is 0 Å². The van der Waals surface area contributed by atoms with Crippen LogP contribution in [0.25, 0.3) is 0 Å². The number of hydrogen-bond acceptors (Lipinski definition) is 7. The van der Waals surface area contributed by atoms with Crippen molar-refractivity contribution >= 4 is 17.5 Å². The van der Waals surface area contributed by atoms with Crippen LogP contribution in [0.1, 0.15) is 43.2 Å². The molecule has 2 fully saturated rings. The third-order valence-corrected chi connectivity index (χ3v) is 8.44. The number of benzene rings is 1. The molecule has 3 aliphatic heterocycles. The summed E-state index contributed by atoms with van der Waals surface area (Å²) in [5.74, 6) is -0.418. The Morgan fingerprint density at radius 3 is 2.65 bits per heavy atom. The van der Waals surface area contributed by atoms with Crippen molar-refractivity contribution in [3.05, 3.63) is 63.1 Å². The Hall–Kier alpha value is -3.05. The molecule has 216 valence electrons.